The Labute approximate surface area is 283 Å². The number of halogens is 2. The lowest BCUT2D eigenvalue weighted by Gasteiger charge is -2.30. The Hall–Kier alpha value is -5.20. The average molecular weight is 728 g/mol. The molecule has 1 aliphatic heterocycles. The maximum Gasteiger partial charge on any atom is 0.352 e. The molecule has 0 fully saturated rings. The highest BCUT2D eigenvalue weighted by Gasteiger charge is 2.48. The summed E-state index contributed by atoms with van der Waals surface area (Å²) in [5.41, 5.74) is -1.20. The molecule has 0 radical (unpaired) electrons. The number of sulfonamides is 1. The van der Waals surface area contributed by atoms with Gasteiger partial charge in [-0.1, -0.05) is 41.4 Å². The third-order valence-corrected chi connectivity index (χ3v) is 8.11. The number of amides is 2. The highest BCUT2D eigenvalue weighted by atomic mass is 35.5. The van der Waals surface area contributed by atoms with Crippen LogP contribution in [0.5, 0.6) is 11.8 Å². The number of urea groups is 1. The maximum atomic E-state index is 12.3. The molecule has 2 amide bonds. The van der Waals surface area contributed by atoms with E-state index in [2.05, 4.69) is 25.1 Å². The van der Waals surface area contributed by atoms with Crippen LogP contribution in [0.25, 0.3) is 0 Å². The second kappa shape index (κ2) is 15.6. The van der Waals surface area contributed by atoms with Crippen LogP contribution in [0.15, 0.2) is 53.6 Å². The third-order valence-electron chi connectivity index (χ3n) is 6.38. The fraction of sp³-hybridized carbons (Fsp3) is 0.250. The van der Waals surface area contributed by atoms with E-state index in [1.165, 1.54) is 64.7 Å². The zero-order chi connectivity index (χ0) is 35.8. The van der Waals surface area contributed by atoms with E-state index in [-0.39, 0.29) is 51.7 Å². The summed E-state index contributed by atoms with van der Waals surface area (Å²) in [4.78, 5) is 54.0. The molecule has 0 bridgehead atoms. The molecule has 0 spiro atoms. The van der Waals surface area contributed by atoms with Gasteiger partial charge in [-0.3, -0.25) is 5.32 Å². The number of benzene rings is 2. The van der Waals surface area contributed by atoms with Crippen LogP contribution < -0.4 is 24.5 Å². The molecule has 1 atom stereocenters. The van der Waals surface area contributed by atoms with Crippen molar-refractivity contribution in [3.63, 3.8) is 0 Å². The number of methoxy groups -OCH3 is 3. The molecule has 2 heterocycles. The maximum absolute atomic E-state index is 12.3. The van der Waals surface area contributed by atoms with Crippen molar-refractivity contribution in [3.05, 3.63) is 69.7 Å². The topological polar surface area (TPSA) is 236 Å². The SMILES string of the molecule is CC1(C(=O)O)CC(C(=O)O)=NN1c1ccc(Cl)cc1Cl.COC(=O)c1ccccc1CS(=O)(=O)NC(=O)Nc1nc(OC)cc(OC)n1. The minimum Gasteiger partial charge on any atom is -0.481 e. The van der Waals surface area contributed by atoms with Gasteiger partial charge in [0.25, 0.3) is 0 Å². The highest BCUT2D eigenvalue weighted by molar-refractivity contribution is 7.89. The van der Waals surface area contributed by atoms with Crippen LogP contribution in [0.2, 0.25) is 10.0 Å². The van der Waals surface area contributed by atoms with Gasteiger partial charge in [0.05, 0.1) is 49.4 Å². The number of hydrogen-bond donors (Lipinski definition) is 4. The van der Waals surface area contributed by atoms with E-state index >= 15 is 0 Å². The number of carbonyl (C=O) groups excluding carboxylic acids is 2. The number of esters is 1. The van der Waals surface area contributed by atoms with Gasteiger partial charge in [-0.2, -0.15) is 15.1 Å². The summed E-state index contributed by atoms with van der Waals surface area (Å²) in [5.74, 6) is -3.76. The van der Waals surface area contributed by atoms with Gasteiger partial charge in [-0.05, 0) is 36.8 Å². The molecule has 0 saturated heterocycles. The number of aromatic nitrogens is 2. The molecule has 1 unspecified atom stereocenters. The number of rotatable bonds is 10. The van der Waals surface area contributed by atoms with Crippen molar-refractivity contribution in [2.24, 2.45) is 5.10 Å². The lowest BCUT2D eigenvalue weighted by Crippen LogP contribution is -2.47. The monoisotopic (exact) mass is 726 g/mol. The van der Waals surface area contributed by atoms with Crippen LogP contribution >= 0.6 is 23.2 Å². The molecule has 3 aromatic rings. The first-order valence-electron chi connectivity index (χ1n) is 13.3. The molecule has 48 heavy (non-hydrogen) atoms. The Morgan fingerprint density at radius 1 is 0.979 bits per heavy atom. The van der Waals surface area contributed by atoms with Crippen molar-refractivity contribution in [3.8, 4) is 11.8 Å². The van der Waals surface area contributed by atoms with E-state index in [0.717, 1.165) is 5.01 Å². The normalized spacial score (nSPS) is 15.3. The Kier molecular flexibility index (Phi) is 12.1. The number of hydrazone groups is 1. The molecule has 0 aliphatic carbocycles. The summed E-state index contributed by atoms with van der Waals surface area (Å²) >= 11 is 11.8. The number of carboxylic acids is 2. The van der Waals surface area contributed by atoms with Gasteiger partial charge < -0.3 is 24.4 Å². The molecule has 1 aromatic heterocycles. The molecule has 20 heteroatoms. The number of carboxylic acid groups (broad SMARTS) is 2. The summed E-state index contributed by atoms with van der Waals surface area (Å²) in [7, 11) is -0.243. The van der Waals surface area contributed by atoms with Gasteiger partial charge >= 0.3 is 23.9 Å². The van der Waals surface area contributed by atoms with Gasteiger partial charge in [-0.25, -0.2) is 37.3 Å². The second-order valence-corrected chi connectivity index (χ2v) is 12.3. The summed E-state index contributed by atoms with van der Waals surface area (Å²) in [5, 5.41) is 26.1. The lowest BCUT2D eigenvalue weighted by atomic mass is 9.95. The number of aliphatic carboxylic acids is 2. The molecule has 1 aliphatic rings. The van der Waals surface area contributed by atoms with E-state index in [1.54, 1.807) is 12.1 Å². The minimum absolute atomic E-state index is 0.0802. The van der Waals surface area contributed by atoms with E-state index in [1.807, 2.05) is 4.72 Å². The van der Waals surface area contributed by atoms with Crippen LogP contribution in [0.3, 0.4) is 0 Å². The molecule has 4 rings (SSSR count). The van der Waals surface area contributed by atoms with Crippen LogP contribution in [0.1, 0.15) is 29.3 Å². The third kappa shape index (κ3) is 9.20. The quantitative estimate of drug-likeness (QED) is 0.219. The van der Waals surface area contributed by atoms with Crippen molar-refractivity contribution < 1.29 is 52.0 Å². The zero-order valence-corrected chi connectivity index (χ0v) is 27.9. The first-order chi connectivity index (χ1) is 22.5. The van der Waals surface area contributed by atoms with E-state index in [9.17, 15) is 32.7 Å². The van der Waals surface area contributed by atoms with Crippen molar-refractivity contribution in [1.82, 2.24) is 14.7 Å². The number of hydrogen-bond acceptors (Lipinski definition) is 13. The highest BCUT2D eigenvalue weighted by Crippen LogP contribution is 2.38. The second-order valence-electron chi connectivity index (χ2n) is 9.76. The van der Waals surface area contributed by atoms with Gasteiger partial charge in [0.2, 0.25) is 27.7 Å². The number of nitrogens with zero attached hydrogens (tertiary/aromatic N) is 4. The number of ether oxygens (including phenoxy) is 3. The number of anilines is 2. The predicted molar refractivity (Wildman–Crippen MR) is 172 cm³/mol. The number of nitrogens with one attached hydrogen (secondary N) is 2. The van der Waals surface area contributed by atoms with Crippen molar-refractivity contribution >= 4 is 74.5 Å². The standard InChI is InChI=1S/C16H18N4O7S.C12H10Cl2N2O4/c1-25-12-8-13(26-2)18-15(17-12)19-16(22)20-28(23,24)9-10-6-4-5-7-11(10)14(21)27-3;1-12(11(19)20)5-8(10(17)18)15-16(12)9-3-2-6(13)4-7(9)14/h4-8H,9H2,1-3H3,(H2,17,18,19,20,22);2-4H,5H2,1H3,(H,17,18)(H,19,20). The van der Waals surface area contributed by atoms with Crippen molar-refractivity contribution in [2.45, 2.75) is 24.6 Å². The molecule has 4 N–H and O–H groups in total. The fourth-order valence-electron chi connectivity index (χ4n) is 4.06. The van der Waals surface area contributed by atoms with Crippen molar-refractivity contribution in [1.29, 1.82) is 0 Å². The molecule has 256 valence electrons. The van der Waals surface area contributed by atoms with Gasteiger partial charge in [0, 0.05) is 11.4 Å². The summed E-state index contributed by atoms with van der Waals surface area (Å²) in [6.07, 6.45) is -0.226. The molecule has 0 saturated carbocycles. The average Bonchev–Trinajstić information content (AvgIpc) is 3.39. The fourth-order valence-corrected chi connectivity index (χ4v) is 5.61. The zero-order valence-electron chi connectivity index (χ0n) is 25.6. The van der Waals surface area contributed by atoms with E-state index in [0.29, 0.717) is 5.02 Å². The smallest absolute Gasteiger partial charge is 0.352 e. The summed E-state index contributed by atoms with van der Waals surface area (Å²) < 4.78 is 40.9. The molecule has 2 aromatic carbocycles. The number of carbonyl (C=O) groups is 4. The largest absolute Gasteiger partial charge is 0.481 e. The lowest BCUT2D eigenvalue weighted by molar-refractivity contribution is -0.142. The van der Waals surface area contributed by atoms with Crippen LogP contribution in [-0.2, 0) is 30.1 Å². The molecular formula is C28H28Cl2N6O11S. The summed E-state index contributed by atoms with van der Waals surface area (Å²) in [6.45, 7) is 1.39. The van der Waals surface area contributed by atoms with Crippen LogP contribution in [-0.4, -0.2) is 85.1 Å². The van der Waals surface area contributed by atoms with Crippen LogP contribution in [0, 0.1) is 0 Å². The van der Waals surface area contributed by atoms with E-state index < -0.39 is 45.3 Å². The first-order valence-corrected chi connectivity index (χ1v) is 15.7. The molecule has 17 nitrogen and oxygen atoms in total. The summed E-state index contributed by atoms with van der Waals surface area (Å²) in [6, 6.07) is 10.7. The van der Waals surface area contributed by atoms with Crippen molar-refractivity contribution in [2.75, 3.05) is 31.7 Å². The Bertz CT molecular complexity index is 1850. The van der Waals surface area contributed by atoms with Gasteiger partial charge in [0.15, 0.2) is 5.54 Å². The first kappa shape index (κ1) is 37.3. The van der Waals surface area contributed by atoms with E-state index in [4.69, 9.17) is 37.8 Å². The molecular weight excluding hydrogens is 699 g/mol. The Morgan fingerprint density at radius 3 is 2.15 bits per heavy atom. The predicted octanol–water partition coefficient (Wildman–Crippen LogP) is 3.42. The van der Waals surface area contributed by atoms with Crippen LogP contribution in [0.4, 0.5) is 16.4 Å². The van der Waals surface area contributed by atoms with Gasteiger partial charge in [0.1, 0.15) is 5.71 Å². The minimum atomic E-state index is -4.14. The Balaban J connectivity index is 0.000000275. The van der Waals surface area contributed by atoms with Gasteiger partial charge in [-0.15, -0.1) is 0 Å². The Morgan fingerprint density at radius 2 is 1.60 bits per heavy atom.